The van der Waals surface area contributed by atoms with Crippen LogP contribution < -0.4 is 10.1 Å². The second-order valence-electron chi connectivity index (χ2n) is 5.57. The molecule has 8 nitrogen and oxygen atoms in total. The minimum atomic E-state index is -4.92. The highest BCUT2D eigenvalue weighted by Crippen LogP contribution is 2.27. The zero-order chi connectivity index (χ0) is 21.2. The van der Waals surface area contributed by atoms with E-state index in [1.807, 2.05) is 6.07 Å². The topological polar surface area (TPSA) is 106 Å². The molecule has 1 atom stereocenters. The normalized spacial score (nSPS) is 12.3. The lowest BCUT2D eigenvalue weighted by Gasteiger charge is -2.15. The molecule has 3 rings (SSSR count). The first-order valence-corrected chi connectivity index (χ1v) is 8.99. The van der Waals surface area contributed by atoms with Crippen LogP contribution in [0.1, 0.15) is 34.0 Å². The van der Waals surface area contributed by atoms with Gasteiger partial charge in [0.15, 0.2) is 5.82 Å². The molecule has 0 aliphatic rings. The van der Waals surface area contributed by atoms with Crippen molar-refractivity contribution in [2.45, 2.75) is 19.3 Å². The highest BCUT2D eigenvalue weighted by molar-refractivity contribution is 7.14. The zero-order valence-corrected chi connectivity index (χ0v) is 16.0. The molecule has 13 heteroatoms. The van der Waals surface area contributed by atoms with E-state index < -0.39 is 24.1 Å². The van der Waals surface area contributed by atoms with Gasteiger partial charge in [-0.3, -0.25) is 4.79 Å². The Morgan fingerprint density at radius 1 is 1.38 bits per heavy atom. The molecule has 1 aromatic carbocycles. The van der Waals surface area contributed by atoms with Gasteiger partial charge < -0.3 is 10.1 Å². The van der Waals surface area contributed by atoms with E-state index in [1.54, 1.807) is 6.92 Å². The number of rotatable bonds is 5. The number of hydrogen-bond acceptors (Lipinski definition) is 7. The standard InChI is InChI=1S/C16H10ClF3N6O2S/c1-8(13-23-7-24-26(13)15-22-6-12(5-21)29-15)25-14(27)9-2-10(17)4-11(3-9)28-16(18,19)20/h2-4,6-8H,1H3,(H,25,27)/t8-/m0/s1. The molecule has 2 heterocycles. The third-order valence-electron chi connectivity index (χ3n) is 3.46. The van der Waals surface area contributed by atoms with Crippen molar-refractivity contribution in [3.8, 4) is 17.0 Å². The van der Waals surface area contributed by atoms with Crippen LogP contribution in [0.5, 0.6) is 5.75 Å². The highest BCUT2D eigenvalue weighted by atomic mass is 35.5. The summed E-state index contributed by atoms with van der Waals surface area (Å²) < 4.78 is 42.4. The fourth-order valence-corrected chi connectivity index (χ4v) is 3.24. The molecule has 0 fully saturated rings. The van der Waals surface area contributed by atoms with Crippen molar-refractivity contribution in [2.24, 2.45) is 0 Å². The summed E-state index contributed by atoms with van der Waals surface area (Å²) in [7, 11) is 0. The van der Waals surface area contributed by atoms with Gasteiger partial charge in [0.1, 0.15) is 23.0 Å². The van der Waals surface area contributed by atoms with E-state index in [0.717, 1.165) is 23.5 Å². The molecular formula is C16H10ClF3N6O2S. The predicted molar refractivity (Wildman–Crippen MR) is 95.8 cm³/mol. The minimum absolute atomic E-state index is 0.0976. The second-order valence-corrected chi connectivity index (χ2v) is 7.01. The monoisotopic (exact) mass is 442 g/mol. The number of carbonyl (C=O) groups excluding carboxylic acids is 1. The van der Waals surface area contributed by atoms with Gasteiger partial charge in [-0.1, -0.05) is 22.9 Å². The van der Waals surface area contributed by atoms with Gasteiger partial charge in [0.25, 0.3) is 5.91 Å². The molecule has 1 amide bonds. The molecule has 29 heavy (non-hydrogen) atoms. The van der Waals surface area contributed by atoms with Gasteiger partial charge in [-0.2, -0.15) is 15.0 Å². The smallest absolute Gasteiger partial charge is 0.406 e. The van der Waals surface area contributed by atoms with Crippen LogP contribution in [-0.4, -0.2) is 32.0 Å². The number of nitriles is 1. The first kappa shape index (κ1) is 20.6. The number of benzene rings is 1. The van der Waals surface area contributed by atoms with Crippen LogP contribution in [0, 0.1) is 11.3 Å². The Balaban J connectivity index is 1.80. The Kier molecular flexibility index (Phi) is 5.71. The maximum Gasteiger partial charge on any atom is 0.573 e. The van der Waals surface area contributed by atoms with E-state index in [2.05, 4.69) is 25.1 Å². The van der Waals surface area contributed by atoms with Crippen LogP contribution in [0.4, 0.5) is 13.2 Å². The van der Waals surface area contributed by atoms with Gasteiger partial charge in [-0.15, -0.1) is 13.2 Å². The van der Waals surface area contributed by atoms with Crippen molar-refractivity contribution in [3.05, 3.63) is 52.0 Å². The number of aromatic nitrogens is 4. The lowest BCUT2D eigenvalue weighted by atomic mass is 10.2. The Labute approximate surface area is 170 Å². The molecule has 2 aromatic heterocycles. The van der Waals surface area contributed by atoms with Crippen LogP contribution in [0.15, 0.2) is 30.7 Å². The van der Waals surface area contributed by atoms with Crippen molar-refractivity contribution in [3.63, 3.8) is 0 Å². The van der Waals surface area contributed by atoms with E-state index in [1.165, 1.54) is 23.3 Å². The summed E-state index contributed by atoms with van der Waals surface area (Å²) in [5.74, 6) is -0.998. The van der Waals surface area contributed by atoms with Crippen LogP contribution >= 0.6 is 22.9 Å². The Morgan fingerprint density at radius 2 is 2.14 bits per heavy atom. The molecule has 0 aliphatic carbocycles. The number of amides is 1. The summed E-state index contributed by atoms with van der Waals surface area (Å²) in [5.41, 5.74) is -0.129. The van der Waals surface area contributed by atoms with Gasteiger partial charge in [0, 0.05) is 10.6 Å². The van der Waals surface area contributed by atoms with E-state index in [4.69, 9.17) is 16.9 Å². The summed E-state index contributed by atoms with van der Waals surface area (Å²) in [6.45, 7) is 1.61. The molecular weight excluding hydrogens is 433 g/mol. The Hall–Kier alpha value is -3.17. The number of nitrogens with zero attached hydrogens (tertiary/aromatic N) is 5. The SMILES string of the molecule is C[C@H](NC(=O)c1cc(Cl)cc(OC(F)(F)F)c1)c1ncnn1-c1ncc(C#N)s1. The first-order chi connectivity index (χ1) is 13.7. The molecule has 0 spiro atoms. The van der Waals surface area contributed by atoms with Crippen molar-refractivity contribution >= 4 is 28.8 Å². The van der Waals surface area contributed by atoms with Crippen LogP contribution in [0.3, 0.4) is 0 Å². The van der Waals surface area contributed by atoms with E-state index in [9.17, 15) is 18.0 Å². The number of thiazole rings is 1. The molecule has 0 saturated carbocycles. The molecule has 3 aromatic rings. The quantitative estimate of drug-likeness (QED) is 0.646. The van der Waals surface area contributed by atoms with Crippen molar-refractivity contribution in [2.75, 3.05) is 0 Å². The fraction of sp³-hybridized carbons (Fsp3) is 0.188. The molecule has 1 N–H and O–H groups in total. The third-order valence-corrected chi connectivity index (χ3v) is 4.56. The number of halogens is 4. The number of carbonyl (C=O) groups is 1. The van der Waals surface area contributed by atoms with Crippen molar-refractivity contribution in [1.82, 2.24) is 25.1 Å². The predicted octanol–water partition coefficient (Wildman–Crippen LogP) is 3.64. The molecule has 0 saturated heterocycles. The summed E-state index contributed by atoms with van der Waals surface area (Å²) in [6, 6.07) is 4.34. The first-order valence-electron chi connectivity index (χ1n) is 7.79. The largest absolute Gasteiger partial charge is 0.573 e. The fourth-order valence-electron chi connectivity index (χ4n) is 2.34. The van der Waals surface area contributed by atoms with Gasteiger partial charge in [-0.25, -0.2) is 9.97 Å². The Morgan fingerprint density at radius 3 is 2.79 bits per heavy atom. The molecule has 150 valence electrons. The average Bonchev–Trinajstić information content (AvgIpc) is 3.28. The molecule has 0 radical (unpaired) electrons. The maximum atomic E-state index is 12.5. The maximum absolute atomic E-state index is 12.5. The summed E-state index contributed by atoms with van der Waals surface area (Å²) >= 11 is 6.87. The molecule has 0 aliphatic heterocycles. The van der Waals surface area contributed by atoms with E-state index in [-0.39, 0.29) is 10.6 Å². The highest BCUT2D eigenvalue weighted by Gasteiger charge is 2.31. The lowest BCUT2D eigenvalue weighted by Crippen LogP contribution is -2.29. The summed E-state index contributed by atoms with van der Waals surface area (Å²) in [4.78, 5) is 21.0. The summed E-state index contributed by atoms with van der Waals surface area (Å²) in [6.07, 6.45) is -2.29. The second kappa shape index (κ2) is 8.06. The van der Waals surface area contributed by atoms with E-state index >= 15 is 0 Å². The van der Waals surface area contributed by atoms with Gasteiger partial charge in [0.2, 0.25) is 5.13 Å². The Bertz CT molecular complexity index is 1090. The van der Waals surface area contributed by atoms with Crippen molar-refractivity contribution in [1.29, 1.82) is 5.26 Å². The number of ether oxygens (including phenoxy) is 1. The summed E-state index contributed by atoms with van der Waals surface area (Å²) in [5, 5.41) is 15.8. The molecule has 0 bridgehead atoms. The van der Waals surface area contributed by atoms with Gasteiger partial charge in [0.05, 0.1) is 12.2 Å². The van der Waals surface area contributed by atoms with E-state index in [0.29, 0.717) is 15.8 Å². The molecule has 0 unspecified atom stereocenters. The van der Waals surface area contributed by atoms with Gasteiger partial charge >= 0.3 is 6.36 Å². The third kappa shape index (κ3) is 5.01. The average molecular weight is 443 g/mol. The number of nitrogens with one attached hydrogen (secondary N) is 1. The van der Waals surface area contributed by atoms with Crippen LogP contribution in [-0.2, 0) is 0 Å². The van der Waals surface area contributed by atoms with Crippen molar-refractivity contribution < 1.29 is 22.7 Å². The minimum Gasteiger partial charge on any atom is -0.406 e. The lowest BCUT2D eigenvalue weighted by molar-refractivity contribution is -0.274. The number of alkyl halides is 3. The van der Waals surface area contributed by atoms with Crippen LogP contribution in [0.25, 0.3) is 5.13 Å². The van der Waals surface area contributed by atoms with Gasteiger partial charge in [-0.05, 0) is 25.1 Å². The number of hydrogen-bond donors (Lipinski definition) is 1. The van der Waals surface area contributed by atoms with Crippen LogP contribution in [0.2, 0.25) is 5.02 Å². The zero-order valence-electron chi connectivity index (χ0n) is 14.4.